The third-order valence-corrected chi connectivity index (χ3v) is 12.0. The van der Waals surface area contributed by atoms with Gasteiger partial charge in [0.1, 0.15) is 0 Å². The van der Waals surface area contributed by atoms with Crippen LogP contribution in [0.4, 0.5) is 5.69 Å². The van der Waals surface area contributed by atoms with E-state index in [1.54, 1.807) is 11.3 Å². The number of rotatable bonds is 12. The summed E-state index contributed by atoms with van der Waals surface area (Å²) in [6.07, 6.45) is 2.14. The second-order valence-electron chi connectivity index (χ2n) is 12.3. The molecule has 0 unspecified atom stereocenters. The van der Waals surface area contributed by atoms with Crippen LogP contribution in [0.1, 0.15) is 47.4 Å². The number of aryl methyl sites for hydroxylation is 1. The summed E-state index contributed by atoms with van der Waals surface area (Å²) < 4.78 is 33.4. The molecule has 8 rings (SSSR count). The highest BCUT2D eigenvalue weighted by Gasteiger charge is 2.72. The monoisotopic (exact) mass is 637 g/mol. The number of carboxylic acids is 1. The van der Waals surface area contributed by atoms with Gasteiger partial charge >= 0.3 is 13.8 Å². The predicted molar refractivity (Wildman–Crippen MR) is 169 cm³/mol. The maximum Gasteiger partial charge on any atom is 0.530 e. The molecule has 3 fully saturated rings. The summed E-state index contributed by atoms with van der Waals surface area (Å²) in [4.78, 5) is 14.1. The average Bonchev–Trinajstić information content (AvgIpc) is 3.53. The number of phosphoric ester groups is 1. The zero-order valence-electron chi connectivity index (χ0n) is 23.8. The summed E-state index contributed by atoms with van der Waals surface area (Å²) >= 11 is 8.09. The number of hydrogen-bond acceptors (Lipinski definition) is 7. The van der Waals surface area contributed by atoms with E-state index in [0.717, 1.165) is 45.6 Å². The first kappa shape index (κ1) is 28.9. The summed E-state index contributed by atoms with van der Waals surface area (Å²) in [7, 11) is -4.09. The Morgan fingerprint density at radius 2 is 1.65 bits per heavy atom. The number of halogens is 1. The number of anilines is 1. The van der Waals surface area contributed by atoms with E-state index in [0.29, 0.717) is 30.9 Å². The molecule has 224 valence electrons. The number of alkyl halides is 1. The van der Waals surface area contributed by atoms with Crippen molar-refractivity contribution in [3.05, 3.63) is 94.4 Å². The molecule has 0 saturated heterocycles. The molecule has 3 saturated carbocycles. The molecule has 10 heteroatoms. The molecular weight excluding hydrogens is 605 g/mol. The minimum Gasteiger partial charge on any atom is -0.481 e. The van der Waals surface area contributed by atoms with Crippen LogP contribution in [-0.2, 0) is 31.6 Å². The summed E-state index contributed by atoms with van der Waals surface area (Å²) in [5.74, 6) is 0.371. The highest BCUT2D eigenvalue weighted by Crippen LogP contribution is 2.74. The van der Waals surface area contributed by atoms with Crippen molar-refractivity contribution in [3.63, 3.8) is 0 Å². The van der Waals surface area contributed by atoms with Gasteiger partial charge in [-0.05, 0) is 59.2 Å². The Labute approximate surface area is 260 Å². The Kier molecular flexibility index (Phi) is 7.34. The second kappa shape index (κ2) is 10.9. The molecule has 0 radical (unpaired) electrons. The number of nitrogens with zero attached hydrogens (tertiary/aromatic N) is 1. The number of thiophene rings is 1. The van der Waals surface area contributed by atoms with Crippen LogP contribution in [0.15, 0.2) is 72.1 Å². The lowest BCUT2D eigenvalue weighted by Gasteiger charge is -2.69. The molecule has 1 N–H and O–H groups in total. The topological polar surface area (TPSA) is 85.3 Å². The van der Waals surface area contributed by atoms with Crippen LogP contribution < -0.4 is 9.42 Å². The number of hydrogen-bond donors (Lipinski definition) is 1. The molecule has 1 aliphatic heterocycles. The molecule has 2 heterocycles. The van der Waals surface area contributed by atoms with Crippen LogP contribution in [0.3, 0.4) is 0 Å². The van der Waals surface area contributed by atoms with Crippen molar-refractivity contribution < 1.29 is 28.0 Å². The third kappa shape index (κ3) is 5.17. The number of aliphatic carboxylic acids is 1. The standard InChI is InChI=1S/C33H33ClNO6PS/c1-22-17-43-30-27(41-42(38,39-15-23-8-4-2-5-9-23)40-16-24-10-6-3-7-11-24)12-26-29(28(22)30)25(13-34)14-35(26)21-32-18-33(19-32,20-32)31(36)37/h2-12,17,25H,13-16,18-21H2,1H3,(H,36,37)/t25-,32?,33?/m1/s1. The van der Waals surface area contributed by atoms with Crippen LogP contribution in [0, 0.1) is 17.8 Å². The molecule has 2 bridgehead atoms. The van der Waals surface area contributed by atoms with Gasteiger partial charge in [0, 0.05) is 42.0 Å². The molecule has 43 heavy (non-hydrogen) atoms. The van der Waals surface area contributed by atoms with E-state index in [1.165, 1.54) is 5.56 Å². The first-order chi connectivity index (χ1) is 20.7. The Morgan fingerprint density at radius 1 is 1.05 bits per heavy atom. The molecule has 4 aliphatic rings. The zero-order valence-corrected chi connectivity index (χ0v) is 26.3. The normalized spacial score (nSPS) is 24.0. The summed E-state index contributed by atoms with van der Waals surface area (Å²) in [6.45, 7) is 3.73. The Morgan fingerprint density at radius 3 is 2.21 bits per heavy atom. The number of fused-ring (bicyclic) bond motifs is 3. The fourth-order valence-electron chi connectivity index (χ4n) is 7.29. The largest absolute Gasteiger partial charge is 0.530 e. The molecule has 1 atom stereocenters. The van der Waals surface area contributed by atoms with Crippen molar-refractivity contribution in [2.24, 2.45) is 10.8 Å². The van der Waals surface area contributed by atoms with E-state index in [-0.39, 0.29) is 24.5 Å². The molecule has 0 spiro atoms. The van der Waals surface area contributed by atoms with Gasteiger partial charge in [0.25, 0.3) is 0 Å². The summed E-state index contributed by atoms with van der Waals surface area (Å²) in [6, 6.07) is 21.0. The third-order valence-electron chi connectivity index (χ3n) is 9.18. The van der Waals surface area contributed by atoms with E-state index in [9.17, 15) is 14.5 Å². The Hall–Kier alpha value is -2.87. The summed E-state index contributed by atoms with van der Waals surface area (Å²) in [5, 5.41) is 12.8. The number of carbonyl (C=O) groups is 1. The number of benzene rings is 3. The van der Waals surface area contributed by atoms with Gasteiger partial charge in [-0.25, -0.2) is 4.57 Å². The van der Waals surface area contributed by atoms with E-state index in [2.05, 4.69) is 17.2 Å². The molecule has 3 aliphatic carbocycles. The van der Waals surface area contributed by atoms with Crippen LogP contribution in [0.2, 0.25) is 0 Å². The van der Waals surface area contributed by atoms with Crippen molar-refractivity contribution in [2.45, 2.75) is 45.3 Å². The average molecular weight is 638 g/mol. The van der Waals surface area contributed by atoms with Crippen molar-refractivity contribution in [3.8, 4) is 5.75 Å². The smallest absolute Gasteiger partial charge is 0.481 e. The van der Waals surface area contributed by atoms with E-state index in [1.807, 2.05) is 66.7 Å². The van der Waals surface area contributed by atoms with Crippen LogP contribution in [-0.4, -0.2) is 30.0 Å². The Balaban J connectivity index is 1.22. The number of phosphoric acid groups is 1. The lowest BCUT2D eigenvalue weighted by Crippen LogP contribution is -2.68. The molecule has 3 aromatic carbocycles. The first-order valence-electron chi connectivity index (χ1n) is 14.5. The van der Waals surface area contributed by atoms with Gasteiger partial charge in [0.2, 0.25) is 0 Å². The van der Waals surface area contributed by atoms with Gasteiger partial charge in [-0.3, -0.25) is 13.8 Å². The zero-order chi connectivity index (χ0) is 29.8. The lowest BCUT2D eigenvalue weighted by molar-refractivity contribution is -0.218. The molecular formula is C33H33ClNO6PS. The molecule has 7 nitrogen and oxygen atoms in total. The van der Waals surface area contributed by atoms with Gasteiger partial charge in [-0.15, -0.1) is 22.9 Å². The first-order valence-corrected chi connectivity index (χ1v) is 17.4. The SMILES string of the molecule is Cc1csc2c(OP(=O)(OCc3ccccc3)OCc3ccccc3)cc3c(c12)[C@H](CCl)CN3CC12CC(C(=O)O)(C1)C2. The van der Waals surface area contributed by atoms with Crippen molar-refractivity contribution >= 4 is 52.5 Å². The number of carboxylic acid groups (broad SMARTS) is 1. The maximum absolute atomic E-state index is 14.3. The van der Waals surface area contributed by atoms with Crippen LogP contribution in [0.5, 0.6) is 5.75 Å². The highest BCUT2D eigenvalue weighted by molar-refractivity contribution is 7.49. The second-order valence-corrected chi connectivity index (χ2v) is 15.1. The van der Waals surface area contributed by atoms with E-state index >= 15 is 0 Å². The fourth-order valence-corrected chi connectivity index (χ4v) is 9.80. The fraction of sp³-hybridized carbons (Fsp3) is 0.364. The summed E-state index contributed by atoms with van der Waals surface area (Å²) in [5.41, 5.74) is 4.49. The Bertz CT molecular complexity index is 1660. The minimum absolute atomic E-state index is 0.0173. The predicted octanol–water partition coefficient (Wildman–Crippen LogP) is 8.53. The minimum atomic E-state index is -4.09. The lowest BCUT2D eigenvalue weighted by atomic mass is 9.35. The molecule has 4 aromatic rings. The van der Waals surface area contributed by atoms with Crippen molar-refractivity contribution in [1.82, 2.24) is 0 Å². The maximum atomic E-state index is 14.3. The van der Waals surface area contributed by atoms with Gasteiger partial charge in [-0.2, -0.15) is 0 Å². The van der Waals surface area contributed by atoms with Crippen LogP contribution in [0.25, 0.3) is 10.1 Å². The van der Waals surface area contributed by atoms with Gasteiger partial charge in [0.05, 0.1) is 23.3 Å². The quantitative estimate of drug-likeness (QED) is 0.123. The van der Waals surface area contributed by atoms with E-state index < -0.39 is 19.2 Å². The van der Waals surface area contributed by atoms with Gasteiger partial charge < -0.3 is 14.5 Å². The van der Waals surface area contributed by atoms with Crippen LogP contribution >= 0.6 is 30.8 Å². The van der Waals surface area contributed by atoms with Crippen molar-refractivity contribution in [1.29, 1.82) is 0 Å². The molecule has 0 amide bonds. The molecule has 1 aromatic heterocycles. The van der Waals surface area contributed by atoms with Gasteiger partial charge in [0.15, 0.2) is 5.75 Å². The van der Waals surface area contributed by atoms with Gasteiger partial charge in [-0.1, -0.05) is 60.7 Å². The highest BCUT2D eigenvalue weighted by atomic mass is 35.5. The van der Waals surface area contributed by atoms with E-state index in [4.69, 9.17) is 25.2 Å². The van der Waals surface area contributed by atoms with Crippen molar-refractivity contribution in [2.75, 3.05) is 23.9 Å².